The fraction of sp³-hybridized carbons (Fsp3) is 0.400. The van der Waals surface area contributed by atoms with E-state index in [2.05, 4.69) is 0 Å². The van der Waals surface area contributed by atoms with Crippen molar-refractivity contribution in [2.24, 2.45) is 0 Å². The van der Waals surface area contributed by atoms with E-state index in [0.29, 0.717) is 29.8 Å². The molecule has 0 saturated heterocycles. The van der Waals surface area contributed by atoms with Gasteiger partial charge in [-0.05, 0) is 50.1 Å². The highest BCUT2D eigenvalue weighted by Crippen LogP contribution is 2.31. The van der Waals surface area contributed by atoms with Gasteiger partial charge in [0.25, 0.3) is 17.7 Å². The average molecular weight is 421 g/mol. The lowest BCUT2D eigenvalue weighted by Gasteiger charge is -2.29. The second-order valence-electron chi connectivity index (χ2n) is 8.42. The van der Waals surface area contributed by atoms with Crippen LogP contribution in [-0.4, -0.2) is 53.8 Å². The van der Waals surface area contributed by atoms with Gasteiger partial charge in [0, 0.05) is 18.7 Å². The summed E-state index contributed by atoms with van der Waals surface area (Å²) in [6.45, 7) is 2.79. The Morgan fingerprint density at radius 3 is 2.39 bits per heavy atom. The van der Waals surface area contributed by atoms with E-state index in [9.17, 15) is 14.4 Å². The molecule has 31 heavy (non-hydrogen) atoms. The van der Waals surface area contributed by atoms with Gasteiger partial charge in [-0.15, -0.1) is 0 Å². The van der Waals surface area contributed by atoms with E-state index in [1.54, 1.807) is 30.1 Å². The van der Waals surface area contributed by atoms with Gasteiger partial charge in [-0.1, -0.05) is 37.0 Å². The van der Waals surface area contributed by atoms with Crippen molar-refractivity contribution in [3.05, 3.63) is 64.7 Å². The molecule has 2 aromatic carbocycles. The molecule has 1 heterocycles. The van der Waals surface area contributed by atoms with Gasteiger partial charge in [-0.2, -0.15) is 0 Å². The van der Waals surface area contributed by atoms with Crippen LogP contribution in [0.25, 0.3) is 0 Å². The molecule has 0 N–H and O–H groups in total. The van der Waals surface area contributed by atoms with Crippen molar-refractivity contribution in [1.82, 2.24) is 9.80 Å². The summed E-state index contributed by atoms with van der Waals surface area (Å²) in [5.41, 5.74) is 2.30. The minimum Gasteiger partial charge on any atom is -0.492 e. The largest absolute Gasteiger partial charge is 0.492 e. The van der Waals surface area contributed by atoms with Crippen molar-refractivity contribution in [2.75, 3.05) is 20.2 Å². The van der Waals surface area contributed by atoms with Gasteiger partial charge in [-0.25, -0.2) is 0 Å². The lowest BCUT2D eigenvalue weighted by molar-refractivity contribution is 0.0548. The molecule has 3 amide bonds. The minimum atomic E-state index is -0.271. The molecular formula is C25H28N2O4. The maximum absolute atomic E-state index is 13.0. The smallest absolute Gasteiger partial charge is 0.261 e. The van der Waals surface area contributed by atoms with E-state index in [4.69, 9.17) is 4.74 Å². The van der Waals surface area contributed by atoms with Crippen LogP contribution in [0.5, 0.6) is 5.75 Å². The van der Waals surface area contributed by atoms with Crippen LogP contribution in [0, 0.1) is 6.92 Å². The first-order valence-electron chi connectivity index (χ1n) is 10.9. The number of amides is 3. The van der Waals surface area contributed by atoms with Crippen molar-refractivity contribution in [3.8, 4) is 5.75 Å². The second-order valence-corrected chi connectivity index (χ2v) is 8.42. The van der Waals surface area contributed by atoms with Crippen LogP contribution in [0.2, 0.25) is 0 Å². The fourth-order valence-corrected chi connectivity index (χ4v) is 4.32. The van der Waals surface area contributed by atoms with Crippen molar-refractivity contribution in [3.63, 3.8) is 0 Å². The molecule has 0 atom stereocenters. The monoisotopic (exact) mass is 420 g/mol. The number of aryl methyl sites for hydroxylation is 1. The Balaban J connectivity index is 1.41. The number of imide groups is 1. The molecule has 2 aliphatic rings. The normalized spacial score (nSPS) is 16.4. The number of hydrogen-bond acceptors (Lipinski definition) is 4. The van der Waals surface area contributed by atoms with Gasteiger partial charge < -0.3 is 9.64 Å². The molecule has 0 unspecified atom stereocenters. The number of carbonyl (C=O) groups is 3. The molecule has 0 spiro atoms. The molecule has 1 fully saturated rings. The van der Waals surface area contributed by atoms with E-state index >= 15 is 0 Å². The highest BCUT2D eigenvalue weighted by molar-refractivity contribution is 6.22. The third-order valence-corrected chi connectivity index (χ3v) is 6.17. The first-order chi connectivity index (χ1) is 15.0. The molecule has 162 valence electrons. The zero-order valence-electron chi connectivity index (χ0n) is 18.1. The molecule has 6 heteroatoms. The topological polar surface area (TPSA) is 66.9 Å². The number of nitrogens with zero attached hydrogens (tertiary/aromatic N) is 2. The average Bonchev–Trinajstić information content (AvgIpc) is 3.04. The van der Waals surface area contributed by atoms with Crippen molar-refractivity contribution < 1.29 is 19.1 Å². The lowest BCUT2D eigenvalue weighted by Crippen LogP contribution is -2.40. The zero-order valence-corrected chi connectivity index (χ0v) is 18.1. The number of rotatable bonds is 6. The molecule has 0 bridgehead atoms. The van der Waals surface area contributed by atoms with Crippen LogP contribution in [0.3, 0.4) is 0 Å². The fourth-order valence-electron chi connectivity index (χ4n) is 4.32. The first-order valence-corrected chi connectivity index (χ1v) is 10.9. The molecular weight excluding hydrogens is 392 g/mol. The number of hydrogen-bond donors (Lipinski definition) is 0. The third kappa shape index (κ3) is 4.33. The lowest BCUT2D eigenvalue weighted by atomic mass is 9.94. The van der Waals surface area contributed by atoms with Crippen molar-refractivity contribution >= 4 is 17.7 Å². The predicted octanol–water partition coefficient (Wildman–Crippen LogP) is 4.07. The van der Waals surface area contributed by atoms with E-state index in [1.165, 1.54) is 4.90 Å². The van der Waals surface area contributed by atoms with E-state index in [1.807, 2.05) is 31.2 Å². The summed E-state index contributed by atoms with van der Waals surface area (Å²) in [6.07, 6.45) is 4.95. The summed E-state index contributed by atoms with van der Waals surface area (Å²) in [5, 5.41) is 0. The molecule has 0 radical (unpaired) electrons. The number of carbonyl (C=O) groups excluding carboxylic acids is 3. The standard InChI is InChI=1S/C25H28N2O4/c1-17-8-11-20(12-9-17)31-15-14-26(2)23(28)18-10-13-21-22(16-18)25(30)27(24(21)29)19-6-4-3-5-7-19/h8-13,16,19H,3-7,14-15H2,1-2H3. The van der Waals surface area contributed by atoms with Crippen LogP contribution >= 0.6 is 0 Å². The Kier molecular flexibility index (Phi) is 6.07. The van der Waals surface area contributed by atoms with E-state index in [-0.39, 0.29) is 23.8 Å². The van der Waals surface area contributed by atoms with Crippen LogP contribution < -0.4 is 4.74 Å². The van der Waals surface area contributed by atoms with Crippen LogP contribution in [0.1, 0.15) is 68.7 Å². The van der Waals surface area contributed by atoms with Gasteiger partial charge in [0.15, 0.2) is 0 Å². The van der Waals surface area contributed by atoms with Crippen LogP contribution in [-0.2, 0) is 0 Å². The molecule has 1 saturated carbocycles. The Hall–Kier alpha value is -3.15. The first kappa shape index (κ1) is 21.1. The Bertz CT molecular complexity index is 993. The molecule has 2 aromatic rings. The van der Waals surface area contributed by atoms with Gasteiger partial charge >= 0.3 is 0 Å². The molecule has 4 rings (SSSR count). The molecule has 6 nitrogen and oxygen atoms in total. The highest BCUT2D eigenvalue weighted by atomic mass is 16.5. The Morgan fingerprint density at radius 2 is 1.68 bits per heavy atom. The maximum Gasteiger partial charge on any atom is 0.261 e. The van der Waals surface area contributed by atoms with Crippen molar-refractivity contribution in [1.29, 1.82) is 0 Å². The van der Waals surface area contributed by atoms with Crippen LogP contribution in [0.15, 0.2) is 42.5 Å². The zero-order chi connectivity index (χ0) is 22.0. The summed E-state index contributed by atoms with van der Waals surface area (Å²) in [5.74, 6) is 0.0558. The third-order valence-electron chi connectivity index (χ3n) is 6.17. The predicted molar refractivity (Wildman–Crippen MR) is 117 cm³/mol. The number of ether oxygens (including phenoxy) is 1. The van der Waals surface area contributed by atoms with E-state index in [0.717, 1.165) is 43.4 Å². The van der Waals surface area contributed by atoms with E-state index < -0.39 is 0 Å². The number of benzene rings is 2. The summed E-state index contributed by atoms with van der Waals surface area (Å²) in [4.78, 5) is 41.6. The SMILES string of the molecule is Cc1ccc(OCCN(C)C(=O)c2ccc3c(c2)C(=O)N(C2CCCCC2)C3=O)cc1. The quantitative estimate of drug-likeness (QED) is 0.661. The summed E-state index contributed by atoms with van der Waals surface area (Å²) in [6, 6.07) is 12.5. The summed E-state index contributed by atoms with van der Waals surface area (Å²) < 4.78 is 5.70. The Labute approximate surface area is 182 Å². The van der Waals surface area contributed by atoms with Gasteiger partial charge in [-0.3, -0.25) is 19.3 Å². The van der Waals surface area contributed by atoms with Gasteiger partial charge in [0.1, 0.15) is 12.4 Å². The molecule has 0 aromatic heterocycles. The highest BCUT2D eigenvalue weighted by Gasteiger charge is 2.40. The molecule has 1 aliphatic heterocycles. The molecule has 1 aliphatic carbocycles. The maximum atomic E-state index is 13.0. The van der Waals surface area contributed by atoms with Gasteiger partial charge in [0.2, 0.25) is 0 Å². The second kappa shape index (κ2) is 8.92. The summed E-state index contributed by atoms with van der Waals surface area (Å²) >= 11 is 0. The number of fused-ring (bicyclic) bond motifs is 1. The van der Waals surface area contributed by atoms with Crippen LogP contribution in [0.4, 0.5) is 0 Å². The minimum absolute atomic E-state index is 0.0260. The van der Waals surface area contributed by atoms with Gasteiger partial charge in [0.05, 0.1) is 17.7 Å². The summed E-state index contributed by atoms with van der Waals surface area (Å²) in [7, 11) is 1.70. The number of likely N-dealkylation sites (N-methyl/N-ethyl adjacent to an activating group) is 1. The van der Waals surface area contributed by atoms with Crippen molar-refractivity contribution in [2.45, 2.75) is 45.1 Å². The Morgan fingerprint density at radius 1 is 1.00 bits per heavy atom.